The minimum absolute atomic E-state index is 0.0484. The van der Waals surface area contributed by atoms with Crippen molar-refractivity contribution in [2.45, 2.75) is 50.0 Å². The maximum absolute atomic E-state index is 12.1. The van der Waals surface area contributed by atoms with E-state index in [0.29, 0.717) is 5.56 Å². The number of halogens is 1. The summed E-state index contributed by atoms with van der Waals surface area (Å²) in [6.07, 6.45) is 5.70. The minimum atomic E-state index is -0.501. The van der Waals surface area contributed by atoms with Crippen molar-refractivity contribution in [3.63, 3.8) is 0 Å². The number of ether oxygens (including phenoxy) is 1. The van der Waals surface area contributed by atoms with Gasteiger partial charge in [0.15, 0.2) is 0 Å². The number of hydrogen-bond donors (Lipinski definition) is 0. The van der Waals surface area contributed by atoms with Crippen molar-refractivity contribution >= 4 is 23.3 Å². The van der Waals surface area contributed by atoms with Crippen LogP contribution in [0, 0.1) is 10.1 Å². The van der Waals surface area contributed by atoms with Gasteiger partial charge in [0.05, 0.1) is 15.9 Å². The highest BCUT2D eigenvalue weighted by Crippen LogP contribution is 2.25. The molecule has 114 valence electrons. The third-order valence-electron chi connectivity index (χ3n) is 3.69. The normalized spacial score (nSPS) is 22.9. The third kappa shape index (κ3) is 4.43. The van der Waals surface area contributed by atoms with E-state index < -0.39 is 10.9 Å². The van der Waals surface area contributed by atoms with Gasteiger partial charge in [-0.2, -0.15) is 0 Å². The Balaban J connectivity index is 2.00. The number of nitro groups is 1. The molecule has 1 aromatic rings. The second kappa shape index (κ2) is 7.41. The van der Waals surface area contributed by atoms with E-state index >= 15 is 0 Å². The van der Waals surface area contributed by atoms with Gasteiger partial charge in [0, 0.05) is 12.1 Å². The van der Waals surface area contributed by atoms with Crippen LogP contribution in [0.5, 0.6) is 0 Å². The Bertz CT molecular complexity index is 503. The average molecular weight is 312 g/mol. The minimum Gasteiger partial charge on any atom is -0.457 e. The molecule has 1 aliphatic carbocycles. The van der Waals surface area contributed by atoms with Crippen molar-refractivity contribution in [2.24, 2.45) is 0 Å². The van der Waals surface area contributed by atoms with Crippen molar-refractivity contribution < 1.29 is 14.5 Å². The molecule has 6 heteroatoms. The summed E-state index contributed by atoms with van der Waals surface area (Å²) >= 11 is 6.29. The van der Waals surface area contributed by atoms with Crippen LogP contribution in [-0.2, 0) is 4.74 Å². The molecule has 2 rings (SSSR count). The molecule has 5 nitrogen and oxygen atoms in total. The Morgan fingerprint density at radius 2 is 1.76 bits per heavy atom. The molecule has 1 fully saturated rings. The van der Waals surface area contributed by atoms with E-state index in [1.165, 1.54) is 30.7 Å². The summed E-state index contributed by atoms with van der Waals surface area (Å²) in [4.78, 5) is 22.2. The lowest BCUT2D eigenvalue weighted by atomic mass is 9.98. The monoisotopic (exact) mass is 311 g/mol. The summed E-state index contributed by atoms with van der Waals surface area (Å²) in [5, 5.41) is 10.4. The van der Waals surface area contributed by atoms with E-state index in [1.807, 2.05) is 0 Å². The number of alkyl halides is 1. The van der Waals surface area contributed by atoms with Crippen LogP contribution in [0.15, 0.2) is 24.3 Å². The molecule has 1 saturated carbocycles. The van der Waals surface area contributed by atoms with Crippen LogP contribution in [0.4, 0.5) is 5.69 Å². The maximum atomic E-state index is 12.1. The van der Waals surface area contributed by atoms with E-state index in [2.05, 4.69) is 0 Å². The van der Waals surface area contributed by atoms with Gasteiger partial charge in [0.25, 0.3) is 5.69 Å². The smallest absolute Gasteiger partial charge is 0.338 e. The zero-order chi connectivity index (χ0) is 15.2. The first-order valence-electron chi connectivity index (χ1n) is 7.17. The summed E-state index contributed by atoms with van der Waals surface area (Å²) < 4.78 is 5.48. The molecule has 0 bridgehead atoms. The van der Waals surface area contributed by atoms with Gasteiger partial charge in [-0.1, -0.05) is 19.3 Å². The van der Waals surface area contributed by atoms with Crippen LogP contribution >= 0.6 is 11.6 Å². The quantitative estimate of drug-likeness (QED) is 0.365. The van der Waals surface area contributed by atoms with Gasteiger partial charge in [-0.15, -0.1) is 11.6 Å². The highest BCUT2D eigenvalue weighted by atomic mass is 35.5. The lowest BCUT2D eigenvalue weighted by Crippen LogP contribution is -2.28. The van der Waals surface area contributed by atoms with Crippen LogP contribution in [0.2, 0.25) is 0 Å². The van der Waals surface area contributed by atoms with Crippen molar-refractivity contribution in [3.8, 4) is 0 Å². The highest BCUT2D eigenvalue weighted by Gasteiger charge is 2.25. The molecule has 21 heavy (non-hydrogen) atoms. The van der Waals surface area contributed by atoms with Crippen molar-refractivity contribution in [1.29, 1.82) is 0 Å². The number of nitro benzene ring substituents is 1. The Morgan fingerprint density at radius 3 is 2.38 bits per heavy atom. The standard InChI is InChI=1S/C15H18ClNO4/c16-13-5-3-1-2-4-6-14(13)21-15(18)11-7-9-12(10-8-11)17(19)20/h7-10,13-14H,1-6H2/t13-,14-/m0/s1. The average Bonchev–Trinajstić information content (AvgIpc) is 2.47. The molecule has 1 aliphatic rings. The Kier molecular flexibility index (Phi) is 5.56. The van der Waals surface area contributed by atoms with Crippen LogP contribution in [0.1, 0.15) is 48.9 Å². The first-order chi connectivity index (χ1) is 10.1. The Hall–Kier alpha value is -1.62. The van der Waals surface area contributed by atoms with Gasteiger partial charge >= 0.3 is 5.97 Å². The molecular weight excluding hydrogens is 294 g/mol. The lowest BCUT2D eigenvalue weighted by molar-refractivity contribution is -0.384. The maximum Gasteiger partial charge on any atom is 0.338 e. The van der Waals surface area contributed by atoms with Gasteiger partial charge < -0.3 is 4.74 Å². The molecule has 0 aliphatic heterocycles. The summed E-state index contributed by atoms with van der Waals surface area (Å²) in [7, 11) is 0. The first kappa shape index (κ1) is 15.8. The third-order valence-corrected chi connectivity index (χ3v) is 4.19. The van der Waals surface area contributed by atoms with Gasteiger partial charge in [0.1, 0.15) is 6.10 Å². The van der Waals surface area contributed by atoms with Gasteiger partial charge in [-0.05, 0) is 31.4 Å². The van der Waals surface area contributed by atoms with Gasteiger partial charge in [-0.25, -0.2) is 4.79 Å². The van der Waals surface area contributed by atoms with Crippen molar-refractivity contribution in [3.05, 3.63) is 39.9 Å². The predicted octanol–water partition coefficient (Wildman–Crippen LogP) is 4.08. The summed E-state index contributed by atoms with van der Waals surface area (Å²) in [6.45, 7) is 0. The fraction of sp³-hybridized carbons (Fsp3) is 0.533. The van der Waals surface area contributed by atoms with Gasteiger partial charge in [0.2, 0.25) is 0 Å². The van der Waals surface area contributed by atoms with Crippen LogP contribution in [0.25, 0.3) is 0 Å². The van der Waals surface area contributed by atoms with Crippen molar-refractivity contribution in [1.82, 2.24) is 0 Å². The summed E-state index contributed by atoms with van der Waals surface area (Å²) in [6, 6.07) is 5.42. The molecule has 2 atom stereocenters. The Labute approximate surface area is 128 Å². The summed E-state index contributed by atoms with van der Waals surface area (Å²) in [5.74, 6) is -0.471. The van der Waals surface area contributed by atoms with Crippen LogP contribution in [0.3, 0.4) is 0 Å². The summed E-state index contributed by atoms with van der Waals surface area (Å²) in [5.41, 5.74) is 0.263. The molecule has 0 spiro atoms. The molecule has 0 amide bonds. The van der Waals surface area contributed by atoms with Crippen LogP contribution in [-0.4, -0.2) is 22.4 Å². The van der Waals surface area contributed by atoms with Gasteiger partial charge in [-0.3, -0.25) is 10.1 Å². The zero-order valence-electron chi connectivity index (χ0n) is 11.7. The largest absolute Gasteiger partial charge is 0.457 e. The van der Waals surface area contributed by atoms with E-state index in [1.54, 1.807) is 0 Å². The number of hydrogen-bond acceptors (Lipinski definition) is 4. The first-order valence-corrected chi connectivity index (χ1v) is 7.61. The number of carbonyl (C=O) groups is 1. The second-order valence-electron chi connectivity index (χ2n) is 5.26. The predicted molar refractivity (Wildman–Crippen MR) is 79.6 cm³/mol. The number of non-ortho nitro benzene ring substituents is 1. The molecule has 0 radical (unpaired) electrons. The van der Waals surface area contributed by atoms with E-state index in [-0.39, 0.29) is 17.2 Å². The fourth-order valence-corrected chi connectivity index (χ4v) is 2.79. The molecule has 0 aromatic heterocycles. The molecular formula is C15H18ClNO4. The molecule has 0 heterocycles. The fourth-order valence-electron chi connectivity index (χ4n) is 2.46. The van der Waals surface area contributed by atoms with E-state index in [4.69, 9.17) is 16.3 Å². The van der Waals surface area contributed by atoms with E-state index in [9.17, 15) is 14.9 Å². The Morgan fingerprint density at radius 1 is 1.14 bits per heavy atom. The number of esters is 1. The van der Waals surface area contributed by atoms with Crippen LogP contribution < -0.4 is 0 Å². The molecule has 1 aromatic carbocycles. The molecule has 0 N–H and O–H groups in total. The number of nitrogens with zero attached hydrogens (tertiary/aromatic N) is 1. The molecule has 0 unspecified atom stereocenters. The second-order valence-corrected chi connectivity index (χ2v) is 5.82. The number of rotatable bonds is 3. The molecule has 0 saturated heterocycles. The van der Waals surface area contributed by atoms with Crippen molar-refractivity contribution in [2.75, 3.05) is 0 Å². The lowest BCUT2D eigenvalue weighted by Gasteiger charge is -2.24. The zero-order valence-corrected chi connectivity index (χ0v) is 12.4. The highest BCUT2D eigenvalue weighted by molar-refractivity contribution is 6.21. The number of carbonyl (C=O) groups excluding carboxylic acids is 1. The number of benzene rings is 1. The van der Waals surface area contributed by atoms with E-state index in [0.717, 1.165) is 32.1 Å². The SMILES string of the molecule is O=C(O[C@H]1CCCCCC[C@@H]1Cl)c1ccc([N+](=O)[O-])cc1. The topological polar surface area (TPSA) is 69.4 Å².